The number of rotatable bonds is 37. The molecule has 18 heteroatoms. The van der Waals surface area contributed by atoms with E-state index in [0.29, 0.717) is 134 Å². The minimum atomic E-state index is -0.913. The molecule has 0 amide bonds. The predicted octanol–water partition coefficient (Wildman–Crippen LogP) is 9.00. The molecule has 5 aromatic rings. The van der Waals surface area contributed by atoms with Crippen LogP contribution in [0.15, 0.2) is 84.9 Å². The van der Waals surface area contributed by atoms with E-state index in [1.54, 1.807) is 41.1 Å². The molecule has 0 spiro atoms. The topological polar surface area (TPSA) is 208 Å². The van der Waals surface area contributed by atoms with Crippen molar-refractivity contribution in [3.63, 3.8) is 0 Å². The number of hydrogen-bond acceptors (Lipinski definition) is 18. The minimum Gasteiger partial charge on any atom is -0.490 e. The molecule has 0 saturated carbocycles. The summed E-state index contributed by atoms with van der Waals surface area (Å²) in [4.78, 5) is 47.2. The molecule has 454 valence electrons. The van der Waals surface area contributed by atoms with E-state index >= 15 is 0 Å². The highest BCUT2D eigenvalue weighted by Crippen LogP contribution is 2.57. The molecule has 6 rings (SSSR count). The Bertz CT molecular complexity index is 2710. The van der Waals surface area contributed by atoms with Gasteiger partial charge in [0.25, 0.3) is 0 Å². The van der Waals surface area contributed by atoms with Crippen LogP contribution >= 0.6 is 0 Å². The van der Waals surface area contributed by atoms with Crippen molar-refractivity contribution in [2.45, 2.75) is 60.5 Å². The zero-order valence-corrected chi connectivity index (χ0v) is 50.0. The van der Waals surface area contributed by atoms with Crippen molar-refractivity contribution in [3.8, 4) is 22.6 Å². The van der Waals surface area contributed by atoms with Crippen molar-refractivity contribution in [1.82, 2.24) is 0 Å². The zero-order valence-electron chi connectivity index (χ0n) is 50.0. The number of aliphatic hydroxyl groups excluding tert-OH is 1. The second-order valence-corrected chi connectivity index (χ2v) is 19.0. The number of Topliss-reactive ketones (excluding diaryl/α,β-unsaturated/α-hetero) is 1. The highest BCUT2D eigenvalue weighted by Gasteiger charge is 2.47. The van der Waals surface area contributed by atoms with Gasteiger partial charge in [0.15, 0.2) is 5.78 Å². The summed E-state index contributed by atoms with van der Waals surface area (Å²) in [6.45, 7) is 22.9. The van der Waals surface area contributed by atoms with Crippen LogP contribution in [0.3, 0.4) is 0 Å². The Kier molecular flexibility index (Phi) is 32.0. The van der Waals surface area contributed by atoms with Crippen LogP contribution in [0.4, 0.5) is 0 Å². The zero-order chi connectivity index (χ0) is 60.4. The SMILES string of the molecule is C=O.CCOC(=O)c1cc(C)cc(C)c1OCCOCCOCCOC.CCOC(=O)c1cc(C2(c3ccc(COCCOCCOCCO)c(C(C)=O)c3)c3cc(C)ccc3-c3ccc(C)cc32)ccc1OCCOCCOCCOC. The average molecular weight is 1160 g/mol. The Morgan fingerprint density at radius 2 is 0.916 bits per heavy atom. The van der Waals surface area contributed by atoms with Gasteiger partial charge in [0, 0.05) is 19.8 Å². The van der Waals surface area contributed by atoms with Crippen molar-refractivity contribution in [1.29, 1.82) is 0 Å². The van der Waals surface area contributed by atoms with Gasteiger partial charge in [0.05, 0.1) is 131 Å². The molecule has 1 aliphatic rings. The first-order valence-corrected chi connectivity index (χ1v) is 28.0. The lowest BCUT2D eigenvalue weighted by Crippen LogP contribution is -2.30. The maximum atomic E-state index is 13.7. The monoisotopic (exact) mass is 1150 g/mol. The Morgan fingerprint density at radius 3 is 1.41 bits per heavy atom. The molecular formula is C65H86O18. The molecule has 18 nitrogen and oxygen atoms in total. The number of fused-ring (bicyclic) bond motifs is 3. The van der Waals surface area contributed by atoms with E-state index in [1.807, 2.05) is 57.0 Å². The molecule has 0 atom stereocenters. The highest BCUT2D eigenvalue weighted by molar-refractivity contribution is 5.97. The van der Waals surface area contributed by atoms with E-state index in [1.165, 1.54) is 0 Å². The van der Waals surface area contributed by atoms with Crippen molar-refractivity contribution < 1.29 is 85.9 Å². The Morgan fingerprint density at radius 1 is 0.470 bits per heavy atom. The molecule has 0 saturated heterocycles. The molecule has 0 bridgehead atoms. The summed E-state index contributed by atoms with van der Waals surface area (Å²) in [6, 6.07) is 28.4. The first-order valence-electron chi connectivity index (χ1n) is 28.0. The second kappa shape index (κ2) is 38.4. The lowest BCUT2D eigenvalue weighted by atomic mass is 9.66. The van der Waals surface area contributed by atoms with Crippen LogP contribution in [-0.2, 0) is 68.9 Å². The smallest absolute Gasteiger partial charge is 0.341 e. The lowest BCUT2D eigenvalue weighted by Gasteiger charge is -2.35. The Balaban J connectivity index is 0.000000476. The number of ether oxygens (including phenoxy) is 13. The molecule has 0 aliphatic heterocycles. The van der Waals surface area contributed by atoms with Crippen molar-refractivity contribution in [2.24, 2.45) is 0 Å². The predicted molar refractivity (Wildman–Crippen MR) is 315 cm³/mol. The fourth-order valence-corrected chi connectivity index (χ4v) is 9.40. The van der Waals surface area contributed by atoms with Crippen LogP contribution in [0.1, 0.15) is 102 Å². The molecule has 0 aromatic heterocycles. The third-order valence-electron chi connectivity index (χ3n) is 13.0. The van der Waals surface area contributed by atoms with Gasteiger partial charge in [-0.3, -0.25) is 4.79 Å². The lowest BCUT2D eigenvalue weighted by molar-refractivity contribution is -0.0980. The highest BCUT2D eigenvalue weighted by atomic mass is 16.6. The van der Waals surface area contributed by atoms with Gasteiger partial charge >= 0.3 is 11.9 Å². The molecule has 1 N–H and O–H groups in total. The quantitative estimate of drug-likeness (QED) is 0.0219. The Hall–Kier alpha value is -6.42. The number of aryl methyl sites for hydroxylation is 4. The number of benzene rings is 5. The maximum Gasteiger partial charge on any atom is 0.341 e. The van der Waals surface area contributed by atoms with E-state index in [9.17, 15) is 14.4 Å². The molecule has 1 aliphatic carbocycles. The van der Waals surface area contributed by atoms with E-state index in [4.69, 9.17) is 71.5 Å². The summed E-state index contributed by atoms with van der Waals surface area (Å²) in [5, 5.41) is 8.85. The van der Waals surface area contributed by atoms with Crippen molar-refractivity contribution in [3.05, 3.63) is 152 Å². The fraction of sp³-hybridized carbons (Fsp3) is 0.477. The summed E-state index contributed by atoms with van der Waals surface area (Å²) in [7, 11) is 3.26. The number of hydrogen-bond donors (Lipinski definition) is 1. The minimum absolute atomic E-state index is 0.0279. The third kappa shape index (κ3) is 20.7. The number of carbonyl (C=O) groups is 4. The molecular weight excluding hydrogens is 1070 g/mol. The number of aliphatic hydroxyl groups is 1. The van der Waals surface area contributed by atoms with E-state index in [-0.39, 0.29) is 44.8 Å². The van der Waals surface area contributed by atoms with E-state index in [0.717, 1.165) is 61.2 Å². The molecule has 0 heterocycles. The summed E-state index contributed by atoms with van der Waals surface area (Å²) in [5.41, 5.74) is 11.2. The van der Waals surface area contributed by atoms with E-state index < -0.39 is 11.4 Å². The summed E-state index contributed by atoms with van der Waals surface area (Å²) in [5.74, 6) is -0.0134. The summed E-state index contributed by atoms with van der Waals surface area (Å²) in [6.07, 6.45) is 0. The van der Waals surface area contributed by atoms with Gasteiger partial charge in [-0.25, -0.2) is 9.59 Å². The molecule has 0 radical (unpaired) electrons. The number of esters is 2. The van der Waals surface area contributed by atoms with Gasteiger partial charge in [0.1, 0.15) is 42.6 Å². The summed E-state index contributed by atoms with van der Waals surface area (Å²) < 4.78 is 71.2. The molecule has 0 fully saturated rings. The molecule has 5 aromatic carbocycles. The van der Waals surface area contributed by atoms with Gasteiger partial charge in [-0.2, -0.15) is 0 Å². The van der Waals surface area contributed by atoms with Crippen LogP contribution in [0.2, 0.25) is 0 Å². The average Bonchev–Trinajstić information content (AvgIpc) is 1.70. The fourth-order valence-electron chi connectivity index (χ4n) is 9.40. The summed E-state index contributed by atoms with van der Waals surface area (Å²) >= 11 is 0. The number of ketones is 1. The number of methoxy groups -OCH3 is 2. The van der Waals surface area contributed by atoms with Crippen LogP contribution in [0.5, 0.6) is 11.5 Å². The van der Waals surface area contributed by atoms with Crippen LogP contribution in [0.25, 0.3) is 11.1 Å². The second-order valence-electron chi connectivity index (χ2n) is 19.0. The standard InChI is InChI=1S/C46H56O11.C18H28O6.CH2O/c1-6-56-45(49)41-30-37(11-14-44(41)57-26-25-54-22-21-52-18-17-50-5)46(42-27-32(2)7-12-38(42)39-13-8-33(3)28-43(39)46)36-10-9-35(40(29-36)34(4)48)31-55-24-23-53-20-19-51-16-15-47;1-5-23-18(19)16-13-14(2)12-15(3)17(16)24-11-10-22-9-8-21-7-6-20-4;1-2/h7-14,27-30,47H,6,15-26,31H2,1-5H3;12-13H,5-11H2,1-4H3;1H2. The maximum absolute atomic E-state index is 13.7. The molecule has 83 heavy (non-hydrogen) atoms. The largest absolute Gasteiger partial charge is 0.490 e. The van der Waals surface area contributed by atoms with Gasteiger partial charge in [-0.15, -0.1) is 0 Å². The van der Waals surface area contributed by atoms with Gasteiger partial charge in [-0.05, 0) is 123 Å². The van der Waals surface area contributed by atoms with Crippen LogP contribution in [0, 0.1) is 27.7 Å². The van der Waals surface area contributed by atoms with Crippen molar-refractivity contribution in [2.75, 3.05) is 146 Å². The van der Waals surface area contributed by atoms with E-state index in [2.05, 4.69) is 56.3 Å². The normalized spacial score (nSPS) is 11.8. The van der Waals surface area contributed by atoms with Gasteiger partial charge in [0.2, 0.25) is 0 Å². The van der Waals surface area contributed by atoms with Gasteiger partial charge in [-0.1, -0.05) is 71.8 Å². The first-order chi connectivity index (χ1) is 40.3. The van der Waals surface area contributed by atoms with Crippen molar-refractivity contribution >= 4 is 24.5 Å². The Labute approximate surface area is 489 Å². The van der Waals surface area contributed by atoms with Crippen LogP contribution < -0.4 is 9.47 Å². The first kappa shape index (κ1) is 69.1. The third-order valence-corrected chi connectivity index (χ3v) is 13.0. The van der Waals surface area contributed by atoms with Crippen LogP contribution in [-0.4, -0.2) is 176 Å². The van der Waals surface area contributed by atoms with Gasteiger partial charge < -0.3 is 71.5 Å². The molecule has 0 unspecified atom stereocenters. The number of carbonyl (C=O) groups excluding carboxylic acids is 4.